The van der Waals surface area contributed by atoms with Crippen LogP contribution in [-0.4, -0.2) is 19.2 Å². The molecule has 0 aliphatic carbocycles. The maximum Gasteiger partial charge on any atom is 0.330 e. The van der Waals surface area contributed by atoms with E-state index in [1.165, 1.54) is 0 Å². The van der Waals surface area contributed by atoms with E-state index >= 15 is 0 Å². The second kappa shape index (κ2) is 8.73. The van der Waals surface area contributed by atoms with Gasteiger partial charge in [-0.3, -0.25) is 0 Å². The van der Waals surface area contributed by atoms with Gasteiger partial charge in [0.2, 0.25) is 0 Å². The average Bonchev–Trinajstić information content (AvgIpc) is 2.61. The summed E-state index contributed by atoms with van der Waals surface area (Å²) in [7, 11) is 0. The molecule has 0 N–H and O–H groups in total. The molecule has 0 unspecified atom stereocenters. The van der Waals surface area contributed by atoms with Gasteiger partial charge in [0.05, 0.1) is 13.2 Å². The number of aryl methyl sites for hydroxylation is 1. The predicted octanol–water partition coefficient (Wildman–Crippen LogP) is 4.55. The first-order valence-corrected chi connectivity index (χ1v) is 7.89. The minimum absolute atomic E-state index is 0.326. The first-order valence-electron chi connectivity index (χ1n) is 7.89. The molecule has 0 aliphatic heterocycles. The highest BCUT2D eigenvalue weighted by Gasteiger charge is 2.07. The summed E-state index contributed by atoms with van der Waals surface area (Å²) in [6.07, 6.45) is 1.79. The van der Waals surface area contributed by atoms with E-state index in [4.69, 9.17) is 9.47 Å². The van der Waals surface area contributed by atoms with Gasteiger partial charge in [-0.25, -0.2) is 4.79 Å². The third-order valence-electron chi connectivity index (χ3n) is 3.61. The van der Waals surface area contributed by atoms with E-state index in [0.29, 0.717) is 19.6 Å². The smallest absolute Gasteiger partial charge is 0.330 e. The molecule has 3 nitrogen and oxygen atoms in total. The summed E-state index contributed by atoms with van der Waals surface area (Å²) in [5.74, 6) is 0.391. The lowest BCUT2D eigenvalue weighted by atomic mass is 9.96. The Balaban J connectivity index is 1.91. The zero-order valence-corrected chi connectivity index (χ0v) is 14.0. The molecular formula is C21H22O3. The average molecular weight is 322 g/mol. The number of hydrogen-bond donors (Lipinski definition) is 0. The van der Waals surface area contributed by atoms with Gasteiger partial charge >= 0.3 is 5.97 Å². The Kier molecular flexibility index (Phi) is 6.38. The Hall–Kier alpha value is -2.81. The van der Waals surface area contributed by atoms with Crippen LogP contribution in [0.15, 0.2) is 67.8 Å². The van der Waals surface area contributed by atoms with Crippen molar-refractivity contribution in [3.63, 3.8) is 0 Å². The van der Waals surface area contributed by atoms with E-state index in [2.05, 4.69) is 25.3 Å². The molecule has 0 aromatic heterocycles. The molecule has 0 atom stereocenters. The molecule has 0 spiro atoms. The van der Waals surface area contributed by atoms with Crippen LogP contribution in [0.25, 0.3) is 5.57 Å². The van der Waals surface area contributed by atoms with Crippen molar-refractivity contribution >= 4 is 11.5 Å². The second-order valence-electron chi connectivity index (χ2n) is 5.39. The highest BCUT2D eigenvalue weighted by atomic mass is 16.5. The van der Waals surface area contributed by atoms with Crippen LogP contribution >= 0.6 is 0 Å². The molecule has 3 heteroatoms. The van der Waals surface area contributed by atoms with E-state index in [1.807, 2.05) is 43.3 Å². The van der Waals surface area contributed by atoms with Gasteiger partial charge in [0, 0.05) is 12.5 Å². The lowest BCUT2D eigenvalue weighted by Gasteiger charge is -2.12. The molecular weight excluding hydrogens is 300 g/mol. The van der Waals surface area contributed by atoms with E-state index in [9.17, 15) is 4.79 Å². The summed E-state index contributed by atoms with van der Waals surface area (Å²) >= 11 is 0. The number of hydrogen-bond acceptors (Lipinski definition) is 3. The van der Waals surface area contributed by atoms with Gasteiger partial charge in [0.1, 0.15) is 5.75 Å². The normalized spacial score (nSPS) is 10.0. The highest BCUT2D eigenvalue weighted by molar-refractivity contribution is 5.81. The lowest BCUT2D eigenvalue weighted by Crippen LogP contribution is -2.06. The fraction of sp³-hybridized carbons (Fsp3) is 0.190. The minimum atomic E-state index is -0.408. The Morgan fingerprint density at radius 3 is 2.54 bits per heavy atom. The lowest BCUT2D eigenvalue weighted by molar-refractivity contribution is -0.137. The Labute approximate surface area is 143 Å². The van der Waals surface area contributed by atoms with Crippen molar-refractivity contribution in [2.45, 2.75) is 13.3 Å². The number of carbonyl (C=O) groups excluding carboxylic acids is 1. The molecule has 124 valence electrons. The molecule has 0 heterocycles. The van der Waals surface area contributed by atoms with Crippen LogP contribution in [0.5, 0.6) is 5.75 Å². The summed E-state index contributed by atoms with van der Waals surface area (Å²) in [5, 5.41) is 0. The third kappa shape index (κ3) is 4.85. The molecule has 2 aromatic carbocycles. The van der Waals surface area contributed by atoms with E-state index in [-0.39, 0.29) is 0 Å². The number of esters is 1. The van der Waals surface area contributed by atoms with Crippen LogP contribution < -0.4 is 4.74 Å². The standard InChI is InChI=1S/C21H22O3/c1-4-21(22)24-14-8-13-23-19-11-12-20(16(2)15-19)17(3)18-9-6-5-7-10-18/h4-7,9-12,15H,1,3,8,13-14H2,2H3. The minimum Gasteiger partial charge on any atom is -0.493 e. The van der Waals surface area contributed by atoms with Crippen molar-refractivity contribution in [3.05, 3.63) is 84.5 Å². The fourth-order valence-corrected chi connectivity index (χ4v) is 2.34. The summed E-state index contributed by atoms with van der Waals surface area (Å²) in [4.78, 5) is 10.9. The molecule has 0 saturated carbocycles. The number of ether oxygens (including phenoxy) is 2. The molecule has 24 heavy (non-hydrogen) atoms. The van der Waals surface area contributed by atoms with Crippen molar-refractivity contribution in [1.29, 1.82) is 0 Å². The van der Waals surface area contributed by atoms with Gasteiger partial charge in [-0.1, -0.05) is 49.6 Å². The van der Waals surface area contributed by atoms with Crippen molar-refractivity contribution < 1.29 is 14.3 Å². The van der Waals surface area contributed by atoms with Crippen molar-refractivity contribution in [3.8, 4) is 5.75 Å². The SMILES string of the molecule is C=CC(=O)OCCCOc1ccc(C(=C)c2ccccc2)c(C)c1. The van der Waals surface area contributed by atoms with Gasteiger partial charge in [-0.15, -0.1) is 0 Å². The first-order chi connectivity index (χ1) is 11.6. The van der Waals surface area contributed by atoms with Crippen LogP contribution in [0.3, 0.4) is 0 Å². The molecule has 0 fully saturated rings. The largest absolute Gasteiger partial charge is 0.493 e. The van der Waals surface area contributed by atoms with Gasteiger partial charge in [0.25, 0.3) is 0 Å². The predicted molar refractivity (Wildman–Crippen MR) is 97.0 cm³/mol. The monoisotopic (exact) mass is 322 g/mol. The Morgan fingerprint density at radius 1 is 1.12 bits per heavy atom. The molecule has 0 radical (unpaired) electrons. The van der Waals surface area contributed by atoms with E-state index in [0.717, 1.165) is 34.1 Å². The maximum atomic E-state index is 10.9. The zero-order chi connectivity index (χ0) is 17.4. The highest BCUT2D eigenvalue weighted by Crippen LogP contribution is 2.27. The van der Waals surface area contributed by atoms with E-state index < -0.39 is 5.97 Å². The molecule has 0 bridgehead atoms. The Bertz CT molecular complexity index is 717. The second-order valence-corrected chi connectivity index (χ2v) is 5.39. The molecule has 0 saturated heterocycles. The molecule has 2 aromatic rings. The molecule has 2 rings (SSSR count). The van der Waals surface area contributed by atoms with Crippen LogP contribution in [0.2, 0.25) is 0 Å². The summed E-state index contributed by atoms with van der Waals surface area (Å²) in [6, 6.07) is 16.1. The van der Waals surface area contributed by atoms with Crippen LogP contribution in [0.1, 0.15) is 23.1 Å². The van der Waals surface area contributed by atoms with E-state index in [1.54, 1.807) is 0 Å². The van der Waals surface area contributed by atoms with Crippen molar-refractivity contribution in [2.75, 3.05) is 13.2 Å². The van der Waals surface area contributed by atoms with Crippen LogP contribution in [0.4, 0.5) is 0 Å². The topological polar surface area (TPSA) is 35.5 Å². The fourth-order valence-electron chi connectivity index (χ4n) is 2.34. The number of benzene rings is 2. The van der Waals surface area contributed by atoms with Crippen LogP contribution in [0, 0.1) is 6.92 Å². The summed E-state index contributed by atoms with van der Waals surface area (Å²) < 4.78 is 10.6. The van der Waals surface area contributed by atoms with Gasteiger partial charge in [-0.2, -0.15) is 0 Å². The van der Waals surface area contributed by atoms with Crippen molar-refractivity contribution in [2.24, 2.45) is 0 Å². The van der Waals surface area contributed by atoms with Crippen molar-refractivity contribution in [1.82, 2.24) is 0 Å². The summed E-state index contributed by atoms with van der Waals surface area (Å²) in [5.41, 5.74) is 4.32. The zero-order valence-electron chi connectivity index (χ0n) is 14.0. The Morgan fingerprint density at radius 2 is 1.88 bits per heavy atom. The molecule has 0 aliphatic rings. The van der Waals surface area contributed by atoms with Gasteiger partial charge in [-0.05, 0) is 41.3 Å². The summed E-state index contributed by atoms with van der Waals surface area (Å²) in [6.45, 7) is 10.4. The van der Waals surface area contributed by atoms with Crippen LogP contribution in [-0.2, 0) is 9.53 Å². The van der Waals surface area contributed by atoms with Gasteiger partial charge < -0.3 is 9.47 Å². The maximum absolute atomic E-state index is 10.9. The third-order valence-corrected chi connectivity index (χ3v) is 3.61. The molecule has 0 amide bonds. The quantitative estimate of drug-likeness (QED) is 0.406. The number of carbonyl (C=O) groups is 1. The number of rotatable bonds is 8. The van der Waals surface area contributed by atoms with Gasteiger partial charge in [0.15, 0.2) is 0 Å². The first kappa shape index (κ1) is 17.5.